The highest BCUT2D eigenvalue weighted by atomic mass is 15.3. The van der Waals surface area contributed by atoms with Crippen LogP contribution in [0, 0.1) is 5.92 Å². The number of nitrogens with two attached hydrogens (primary N) is 1. The smallest absolute Gasteiger partial charge is 0.0534 e. The molecule has 0 radical (unpaired) electrons. The summed E-state index contributed by atoms with van der Waals surface area (Å²) in [5.74, 6) is 0.704. The van der Waals surface area contributed by atoms with Gasteiger partial charge >= 0.3 is 0 Å². The molecule has 3 heteroatoms. The van der Waals surface area contributed by atoms with Gasteiger partial charge in [-0.15, -0.1) is 0 Å². The highest BCUT2D eigenvalue weighted by Gasteiger charge is 2.02. The van der Waals surface area contributed by atoms with E-state index in [4.69, 9.17) is 5.73 Å². The average Bonchev–Trinajstić information content (AvgIpc) is 2.52. The summed E-state index contributed by atoms with van der Waals surface area (Å²) in [5, 5.41) is 4.25. The standard InChI is InChI=1S/C10H19N3/c1-3-4-9(2)7-13-8-10(5-11)6-12-13/h6,8-9H,3-5,7,11H2,1-2H3. The fourth-order valence-electron chi connectivity index (χ4n) is 1.52. The molecule has 0 saturated heterocycles. The van der Waals surface area contributed by atoms with E-state index in [0.717, 1.165) is 12.1 Å². The third-order valence-corrected chi connectivity index (χ3v) is 2.20. The molecular weight excluding hydrogens is 162 g/mol. The Morgan fingerprint density at radius 3 is 2.92 bits per heavy atom. The monoisotopic (exact) mass is 181 g/mol. The van der Waals surface area contributed by atoms with Gasteiger partial charge in [-0.25, -0.2) is 0 Å². The molecule has 1 rings (SSSR count). The topological polar surface area (TPSA) is 43.8 Å². The van der Waals surface area contributed by atoms with Crippen molar-refractivity contribution in [2.24, 2.45) is 11.7 Å². The number of hydrogen-bond acceptors (Lipinski definition) is 2. The summed E-state index contributed by atoms with van der Waals surface area (Å²) in [6.45, 7) is 6.06. The van der Waals surface area contributed by atoms with Crippen molar-refractivity contribution in [1.82, 2.24) is 9.78 Å². The molecule has 0 aliphatic rings. The summed E-state index contributed by atoms with van der Waals surface area (Å²) in [5.41, 5.74) is 6.61. The van der Waals surface area contributed by atoms with Crippen molar-refractivity contribution >= 4 is 0 Å². The second kappa shape index (κ2) is 5.02. The number of rotatable bonds is 5. The van der Waals surface area contributed by atoms with Gasteiger partial charge in [-0.2, -0.15) is 5.10 Å². The molecule has 1 aromatic heterocycles. The van der Waals surface area contributed by atoms with Crippen molar-refractivity contribution in [3.8, 4) is 0 Å². The molecule has 0 aliphatic heterocycles. The van der Waals surface area contributed by atoms with Crippen LogP contribution >= 0.6 is 0 Å². The maximum absolute atomic E-state index is 5.50. The fourth-order valence-corrected chi connectivity index (χ4v) is 1.52. The van der Waals surface area contributed by atoms with Gasteiger partial charge in [-0.05, 0) is 12.3 Å². The maximum atomic E-state index is 5.50. The molecule has 13 heavy (non-hydrogen) atoms. The Bertz CT molecular complexity index is 242. The lowest BCUT2D eigenvalue weighted by Crippen LogP contribution is -2.07. The van der Waals surface area contributed by atoms with Gasteiger partial charge in [-0.1, -0.05) is 20.3 Å². The molecule has 74 valence electrons. The zero-order valence-electron chi connectivity index (χ0n) is 8.53. The van der Waals surface area contributed by atoms with Crippen LogP contribution < -0.4 is 5.73 Å². The molecule has 0 amide bonds. The van der Waals surface area contributed by atoms with Crippen molar-refractivity contribution in [3.63, 3.8) is 0 Å². The molecule has 0 saturated carbocycles. The van der Waals surface area contributed by atoms with Crippen LogP contribution in [0.25, 0.3) is 0 Å². The Labute approximate surface area is 79.9 Å². The maximum Gasteiger partial charge on any atom is 0.0534 e. The van der Waals surface area contributed by atoms with Gasteiger partial charge in [0.05, 0.1) is 6.20 Å². The molecule has 0 spiro atoms. The van der Waals surface area contributed by atoms with Gasteiger partial charge in [0.25, 0.3) is 0 Å². The van der Waals surface area contributed by atoms with Crippen LogP contribution in [-0.4, -0.2) is 9.78 Å². The molecule has 3 nitrogen and oxygen atoms in total. The minimum absolute atomic E-state index is 0.585. The first-order valence-electron chi connectivity index (χ1n) is 4.97. The summed E-state index contributed by atoms with van der Waals surface area (Å²) in [6.07, 6.45) is 6.38. The summed E-state index contributed by atoms with van der Waals surface area (Å²) < 4.78 is 1.99. The quantitative estimate of drug-likeness (QED) is 0.752. The first-order chi connectivity index (χ1) is 6.26. The van der Waals surface area contributed by atoms with E-state index in [0.29, 0.717) is 12.5 Å². The van der Waals surface area contributed by atoms with Crippen LogP contribution in [0.3, 0.4) is 0 Å². The lowest BCUT2D eigenvalue weighted by molar-refractivity contribution is 0.420. The van der Waals surface area contributed by atoms with Crippen LogP contribution in [0.15, 0.2) is 12.4 Å². The van der Waals surface area contributed by atoms with Gasteiger partial charge in [0, 0.05) is 24.8 Å². The molecular formula is C10H19N3. The van der Waals surface area contributed by atoms with Crippen molar-refractivity contribution in [2.45, 2.75) is 39.8 Å². The van der Waals surface area contributed by atoms with Gasteiger partial charge in [-0.3, -0.25) is 4.68 Å². The molecule has 0 aliphatic carbocycles. The van der Waals surface area contributed by atoms with Gasteiger partial charge in [0.15, 0.2) is 0 Å². The Balaban J connectivity index is 2.44. The molecule has 1 unspecified atom stereocenters. The average molecular weight is 181 g/mol. The highest BCUT2D eigenvalue weighted by Crippen LogP contribution is 2.08. The van der Waals surface area contributed by atoms with E-state index in [2.05, 4.69) is 18.9 Å². The summed E-state index contributed by atoms with van der Waals surface area (Å²) >= 11 is 0. The highest BCUT2D eigenvalue weighted by molar-refractivity contribution is 5.02. The Morgan fingerprint density at radius 1 is 1.62 bits per heavy atom. The third kappa shape index (κ3) is 3.19. The lowest BCUT2D eigenvalue weighted by atomic mass is 10.1. The van der Waals surface area contributed by atoms with Crippen LogP contribution in [0.5, 0.6) is 0 Å². The predicted molar refractivity (Wildman–Crippen MR) is 54.2 cm³/mol. The molecule has 1 heterocycles. The zero-order chi connectivity index (χ0) is 9.68. The van der Waals surface area contributed by atoms with Crippen molar-refractivity contribution < 1.29 is 0 Å². The van der Waals surface area contributed by atoms with Crippen molar-refractivity contribution in [1.29, 1.82) is 0 Å². The SMILES string of the molecule is CCCC(C)Cn1cc(CN)cn1. The minimum Gasteiger partial charge on any atom is -0.326 e. The predicted octanol–water partition coefficient (Wildman–Crippen LogP) is 1.78. The van der Waals surface area contributed by atoms with E-state index < -0.39 is 0 Å². The normalized spacial score (nSPS) is 13.2. The summed E-state index contributed by atoms with van der Waals surface area (Å²) in [7, 11) is 0. The van der Waals surface area contributed by atoms with Crippen LogP contribution in [0.1, 0.15) is 32.3 Å². The molecule has 0 bridgehead atoms. The molecule has 1 atom stereocenters. The van der Waals surface area contributed by atoms with E-state index >= 15 is 0 Å². The Kier molecular flexibility index (Phi) is 3.96. The summed E-state index contributed by atoms with van der Waals surface area (Å²) in [6, 6.07) is 0. The zero-order valence-corrected chi connectivity index (χ0v) is 8.53. The van der Waals surface area contributed by atoms with E-state index in [-0.39, 0.29) is 0 Å². The first kappa shape index (κ1) is 10.3. The second-order valence-corrected chi connectivity index (χ2v) is 3.67. The summed E-state index contributed by atoms with van der Waals surface area (Å²) in [4.78, 5) is 0. The van der Waals surface area contributed by atoms with E-state index in [9.17, 15) is 0 Å². The Hall–Kier alpha value is -0.830. The van der Waals surface area contributed by atoms with Crippen LogP contribution in [-0.2, 0) is 13.1 Å². The fraction of sp³-hybridized carbons (Fsp3) is 0.700. The number of nitrogens with zero attached hydrogens (tertiary/aromatic N) is 2. The lowest BCUT2D eigenvalue weighted by Gasteiger charge is -2.09. The van der Waals surface area contributed by atoms with Gasteiger partial charge < -0.3 is 5.73 Å². The number of hydrogen-bond donors (Lipinski definition) is 1. The first-order valence-corrected chi connectivity index (χ1v) is 4.97. The van der Waals surface area contributed by atoms with Crippen molar-refractivity contribution in [2.75, 3.05) is 0 Å². The Morgan fingerprint density at radius 2 is 2.38 bits per heavy atom. The number of aromatic nitrogens is 2. The second-order valence-electron chi connectivity index (χ2n) is 3.67. The van der Waals surface area contributed by atoms with E-state index in [1.54, 1.807) is 0 Å². The molecule has 2 N–H and O–H groups in total. The van der Waals surface area contributed by atoms with E-state index in [1.165, 1.54) is 12.8 Å². The minimum atomic E-state index is 0.585. The molecule has 0 fully saturated rings. The van der Waals surface area contributed by atoms with Gasteiger partial charge in [0.2, 0.25) is 0 Å². The van der Waals surface area contributed by atoms with Crippen LogP contribution in [0.2, 0.25) is 0 Å². The van der Waals surface area contributed by atoms with Crippen molar-refractivity contribution in [3.05, 3.63) is 18.0 Å². The third-order valence-electron chi connectivity index (χ3n) is 2.20. The van der Waals surface area contributed by atoms with E-state index in [1.807, 2.05) is 17.1 Å². The van der Waals surface area contributed by atoms with Crippen LogP contribution in [0.4, 0.5) is 0 Å². The van der Waals surface area contributed by atoms with Gasteiger partial charge in [0.1, 0.15) is 0 Å². The molecule has 0 aromatic carbocycles. The molecule has 1 aromatic rings. The largest absolute Gasteiger partial charge is 0.326 e.